The summed E-state index contributed by atoms with van der Waals surface area (Å²) in [4.78, 5) is 12.1. The van der Waals surface area contributed by atoms with Gasteiger partial charge in [0.2, 0.25) is 0 Å². The summed E-state index contributed by atoms with van der Waals surface area (Å²) in [6.45, 7) is 6.49. The molecule has 0 heterocycles. The number of hydrogen-bond acceptors (Lipinski definition) is 1. The summed E-state index contributed by atoms with van der Waals surface area (Å²) in [6, 6.07) is 15.7. The normalized spacial score (nSPS) is 11.8. The van der Waals surface area contributed by atoms with E-state index in [0.717, 1.165) is 15.6 Å². The standard InChI is InChI=1S/C19H19BrO/c1-19(2,3)16-9-7-15(8-10-16)18(21)13-6-14-4-11-17(20)12-5-14/h4-13H,1-3H3/b13-6+. The van der Waals surface area contributed by atoms with Crippen molar-refractivity contribution in [3.63, 3.8) is 0 Å². The molecule has 0 amide bonds. The van der Waals surface area contributed by atoms with Gasteiger partial charge in [-0.2, -0.15) is 0 Å². The van der Waals surface area contributed by atoms with E-state index in [2.05, 4.69) is 36.7 Å². The average Bonchev–Trinajstić information content (AvgIpc) is 2.45. The van der Waals surface area contributed by atoms with Gasteiger partial charge in [-0.1, -0.05) is 79.2 Å². The van der Waals surface area contributed by atoms with Gasteiger partial charge in [0.25, 0.3) is 0 Å². The van der Waals surface area contributed by atoms with Gasteiger partial charge in [0.15, 0.2) is 5.78 Å². The maximum Gasteiger partial charge on any atom is 0.185 e. The number of allylic oxidation sites excluding steroid dienone is 1. The lowest BCUT2D eigenvalue weighted by molar-refractivity contribution is 0.104. The van der Waals surface area contributed by atoms with Gasteiger partial charge in [-0.15, -0.1) is 0 Å². The first-order chi connectivity index (χ1) is 9.86. The van der Waals surface area contributed by atoms with Gasteiger partial charge in [-0.05, 0) is 34.8 Å². The van der Waals surface area contributed by atoms with Crippen molar-refractivity contribution in [3.8, 4) is 0 Å². The monoisotopic (exact) mass is 342 g/mol. The zero-order valence-electron chi connectivity index (χ0n) is 12.6. The van der Waals surface area contributed by atoms with Crippen LogP contribution in [0.3, 0.4) is 0 Å². The summed E-state index contributed by atoms with van der Waals surface area (Å²) in [7, 11) is 0. The minimum Gasteiger partial charge on any atom is -0.289 e. The number of carbonyl (C=O) groups is 1. The molecule has 0 aliphatic heterocycles. The zero-order valence-corrected chi connectivity index (χ0v) is 14.1. The Balaban J connectivity index is 2.11. The summed E-state index contributed by atoms with van der Waals surface area (Å²) in [5, 5.41) is 0. The van der Waals surface area contributed by atoms with Crippen LogP contribution in [-0.2, 0) is 5.41 Å². The molecule has 0 aliphatic carbocycles. The first-order valence-electron chi connectivity index (χ1n) is 6.95. The minimum atomic E-state index is 0.0263. The Bertz CT molecular complexity index is 643. The quantitative estimate of drug-likeness (QED) is 0.520. The third kappa shape index (κ3) is 4.40. The minimum absolute atomic E-state index is 0.0263. The van der Waals surface area contributed by atoms with Crippen molar-refractivity contribution in [1.29, 1.82) is 0 Å². The van der Waals surface area contributed by atoms with Crippen LogP contribution in [0.2, 0.25) is 0 Å². The van der Waals surface area contributed by atoms with Crippen LogP contribution in [0.15, 0.2) is 59.1 Å². The van der Waals surface area contributed by atoms with Gasteiger partial charge >= 0.3 is 0 Å². The Labute approximate surface area is 134 Å². The molecule has 0 fully saturated rings. The lowest BCUT2D eigenvalue weighted by atomic mass is 9.86. The summed E-state index contributed by atoms with van der Waals surface area (Å²) < 4.78 is 1.03. The van der Waals surface area contributed by atoms with Crippen LogP contribution in [-0.4, -0.2) is 5.78 Å². The molecule has 0 spiro atoms. The Morgan fingerprint density at radius 3 is 2.05 bits per heavy atom. The van der Waals surface area contributed by atoms with Gasteiger partial charge in [0.1, 0.15) is 0 Å². The third-order valence-electron chi connectivity index (χ3n) is 3.33. The van der Waals surface area contributed by atoms with E-state index in [1.54, 1.807) is 6.08 Å². The van der Waals surface area contributed by atoms with Crippen LogP contribution < -0.4 is 0 Å². The van der Waals surface area contributed by atoms with Crippen LogP contribution in [0.4, 0.5) is 0 Å². The Hall–Kier alpha value is -1.67. The fourth-order valence-corrected chi connectivity index (χ4v) is 2.24. The van der Waals surface area contributed by atoms with Crippen molar-refractivity contribution in [2.45, 2.75) is 26.2 Å². The summed E-state index contributed by atoms with van der Waals surface area (Å²) in [6.07, 6.45) is 3.46. The van der Waals surface area contributed by atoms with Gasteiger partial charge < -0.3 is 0 Å². The van der Waals surface area contributed by atoms with Gasteiger partial charge in [-0.3, -0.25) is 4.79 Å². The molecule has 2 rings (SSSR count). The number of benzene rings is 2. The molecule has 0 atom stereocenters. The fraction of sp³-hybridized carbons (Fsp3) is 0.211. The van der Waals surface area contributed by atoms with Crippen LogP contribution in [0.1, 0.15) is 42.3 Å². The highest BCUT2D eigenvalue weighted by Crippen LogP contribution is 2.22. The second kappa shape index (κ2) is 6.40. The number of ketones is 1. The average molecular weight is 343 g/mol. The van der Waals surface area contributed by atoms with E-state index in [4.69, 9.17) is 0 Å². The molecule has 2 heteroatoms. The van der Waals surface area contributed by atoms with E-state index in [-0.39, 0.29) is 11.2 Å². The molecule has 21 heavy (non-hydrogen) atoms. The topological polar surface area (TPSA) is 17.1 Å². The molecule has 2 aromatic rings. The van der Waals surface area contributed by atoms with E-state index in [9.17, 15) is 4.79 Å². The van der Waals surface area contributed by atoms with Crippen molar-refractivity contribution in [2.75, 3.05) is 0 Å². The number of hydrogen-bond donors (Lipinski definition) is 0. The first-order valence-corrected chi connectivity index (χ1v) is 7.74. The highest BCUT2D eigenvalue weighted by Gasteiger charge is 2.13. The molecule has 0 aliphatic rings. The molecule has 1 nitrogen and oxygen atoms in total. The maximum absolute atomic E-state index is 12.1. The number of halogens is 1. The highest BCUT2D eigenvalue weighted by molar-refractivity contribution is 9.10. The predicted molar refractivity (Wildman–Crippen MR) is 92.6 cm³/mol. The summed E-state index contributed by atoms with van der Waals surface area (Å²) >= 11 is 3.39. The van der Waals surface area contributed by atoms with E-state index >= 15 is 0 Å². The second-order valence-electron chi connectivity index (χ2n) is 6.08. The van der Waals surface area contributed by atoms with Crippen LogP contribution in [0.5, 0.6) is 0 Å². The van der Waals surface area contributed by atoms with Crippen LogP contribution in [0, 0.1) is 0 Å². The number of carbonyl (C=O) groups excluding carboxylic acids is 1. The SMILES string of the molecule is CC(C)(C)c1ccc(C(=O)/C=C/c2ccc(Br)cc2)cc1. The molecule has 0 N–H and O–H groups in total. The van der Waals surface area contributed by atoms with Crippen molar-refractivity contribution < 1.29 is 4.79 Å². The Morgan fingerprint density at radius 1 is 0.952 bits per heavy atom. The van der Waals surface area contributed by atoms with Gasteiger partial charge in [-0.25, -0.2) is 0 Å². The second-order valence-corrected chi connectivity index (χ2v) is 6.99. The molecule has 0 unspecified atom stereocenters. The van der Waals surface area contributed by atoms with Gasteiger partial charge in [0, 0.05) is 10.0 Å². The van der Waals surface area contributed by atoms with Crippen molar-refractivity contribution in [2.24, 2.45) is 0 Å². The smallest absolute Gasteiger partial charge is 0.185 e. The third-order valence-corrected chi connectivity index (χ3v) is 3.86. The van der Waals surface area contributed by atoms with E-state index < -0.39 is 0 Å². The molecular weight excluding hydrogens is 324 g/mol. The molecule has 2 aromatic carbocycles. The van der Waals surface area contributed by atoms with Crippen molar-refractivity contribution >= 4 is 27.8 Å². The Kier molecular flexibility index (Phi) is 4.79. The van der Waals surface area contributed by atoms with Crippen LogP contribution in [0.25, 0.3) is 6.08 Å². The first kappa shape index (κ1) is 15.7. The zero-order chi connectivity index (χ0) is 15.5. The van der Waals surface area contributed by atoms with Crippen molar-refractivity contribution in [1.82, 2.24) is 0 Å². The highest BCUT2D eigenvalue weighted by atomic mass is 79.9. The molecule has 0 radical (unpaired) electrons. The van der Waals surface area contributed by atoms with Crippen LogP contribution >= 0.6 is 15.9 Å². The van der Waals surface area contributed by atoms with Crippen molar-refractivity contribution in [3.05, 3.63) is 75.8 Å². The maximum atomic E-state index is 12.1. The van der Waals surface area contributed by atoms with E-state index in [1.807, 2.05) is 54.6 Å². The summed E-state index contributed by atoms with van der Waals surface area (Å²) in [5.41, 5.74) is 3.07. The number of rotatable bonds is 3. The fourth-order valence-electron chi connectivity index (χ4n) is 1.98. The molecule has 0 bridgehead atoms. The largest absolute Gasteiger partial charge is 0.289 e. The molecule has 0 aromatic heterocycles. The predicted octanol–water partition coefficient (Wildman–Crippen LogP) is 5.64. The van der Waals surface area contributed by atoms with E-state index in [1.165, 1.54) is 5.56 Å². The lowest BCUT2D eigenvalue weighted by Crippen LogP contribution is -2.11. The molecule has 108 valence electrons. The molecule has 0 saturated carbocycles. The lowest BCUT2D eigenvalue weighted by Gasteiger charge is -2.18. The van der Waals surface area contributed by atoms with E-state index in [0.29, 0.717) is 0 Å². The van der Waals surface area contributed by atoms with Gasteiger partial charge in [0.05, 0.1) is 0 Å². The molecule has 0 saturated heterocycles. The molecular formula is C19H19BrO. The Morgan fingerprint density at radius 2 is 1.52 bits per heavy atom. The summed E-state index contributed by atoms with van der Waals surface area (Å²) in [5.74, 6) is 0.0263.